The first-order valence-electron chi connectivity index (χ1n) is 6.11. The van der Waals surface area contributed by atoms with E-state index in [2.05, 4.69) is 17.3 Å². The lowest BCUT2D eigenvalue weighted by molar-refractivity contribution is 0.0943. The Balaban J connectivity index is 1.93. The zero-order valence-electron chi connectivity index (χ0n) is 10.4. The Hall–Kier alpha value is -1.62. The van der Waals surface area contributed by atoms with Gasteiger partial charge in [-0.05, 0) is 44.6 Å². The van der Waals surface area contributed by atoms with Crippen LogP contribution in [-0.4, -0.2) is 37.0 Å². The number of amides is 1. The van der Waals surface area contributed by atoms with Gasteiger partial charge in [-0.3, -0.25) is 4.79 Å². The van der Waals surface area contributed by atoms with Gasteiger partial charge in [0.1, 0.15) is 5.82 Å². The Morgan fingerprint density at radius 2 is 2.39 bits per heavy atom. The number of halogens is 1. The van der Waals surface area contributed by atoms with Crippen LogP contribution in [-0.2, 0) is 0 Å². The van der Waals surface area contributed by atoms with Crippen molar-refractivity contribution in [3.8, 4) is 0 Å². The van der Waals surface area contributed by atoms with Crippen molar-refractivity contribution >= 4 is 11.6 Å². The summed E-state index contributed by atoms with van der Waals surface area (Å²) in [4.78, 5) is 14.1. The van der Waals surface area contributed by atoms with E-state index in [1.807, 2.05) is 0 Å². The van der Waals surface area contributed by atoms with Crippen molar-refractivity contribution in [3.63, 3.8) is 0 Å². The molecule has 0 bridgehead atoms. The van der Waals surface area contributed by atoms with Gasteiger partial charge in [0.15, 0.2) is 0 Å². The second-order valence-electron chi connectivity index (χ2n) is 4.72. The fourth-order valence-electron chi connectivity index (χ4n) is 2.23. The van der Waals surface area contributed by atoms with Crippen molar-refractivity contribution in [3.05, 3.63) is 29.6 Å². The summed E-state index contributed by atoms with van der Waals surface area (Å²) >= 11 is 0. The van der Waals surface area contributed by atoms with Gasteiger partial charge in [0.25, 0.3) is 5.91 Å². The molecule has 1 heterocycles. The van der Waals surface area contributed by atoms with Crippen LogP contribution in [0.5, 0.6) is 0 Å². The van der Waals surface area contributed by atoms with Crippen LogP contribution >= 0.6 is 0 Å². The van der Waals surface area contributed by atoms with E-state index < -0.39 is 5.82 Å². The Morgan fingerprint density at radius 3 is 3.00 bits per heavy atom. The van der Waals surface area contributed by atoms with Crippen LogP contribution in [0.4, 0.5) is 10.1 Å². The summed E-state index contributed by atoms with van der Waals surface area (Å²) in [7, 11) is 2.06. The van der Waals surface area contributed by atoms with E-state index in [9.17, 15) is 9.18 Å². The molecule has 1 atom stereocenters. The molecular weight excluding hydrogens is 233 g/mol. The zero-order chi connectivity index (χ0) is 13.1. The van der Waals surface area contributed by atoms with Gasteiger partial charge in [0.05, 0.1) is 5.69 Å². The lowest BCUT2D eigenvalue weighted by Crippen LogP contribution is -2.38. The number of nitrogen functional groups attached to an aromatic ring is 1. The normalized spacial score (nSPS) is 20.0. The van der Waals surface area contributed by atoms with Gasteiger partial charge < -0.3 is 16.0 Å². The minimum Gasteiger partial charge on any atom is -0.396 e. The van der Waals surface area contributed by atoms with Crippen molar-refractivity contribution in [1.29, 1.82) is 0 Å². The highest BCUT2D eigenvalue weighted by atomic mass is 19.1. The van der Waals surface area contributed by atoms with Crippen molar-refractivity contribution in [2.45, 2.75) is 18.9 Å². The van der Waals surface area contributed by atoms with Crippen molar-refractivity contribution < 1.29 is 9.18 Å². The van der Waals surface area contributed by atoms with Gasteiger partial charge in [-0.15, -0.1) is 0 Å². The number of carbonyl (C=O) groups excluding carboxylic acids is 1. The Bertz CT molecular complexity index is 450. The molecule has 3 N–H and O–H groups in total. The summed E-state index contributed by atoms with van der Waals surface area (Å²) < 4.78 is 13.0. The van der Waals surface area contributed by atoms with E-state index in [0.717, 1.165) is 13.0 Å². The molecule has 1 unspecified atom stereocenters. The molecule has 5 heteroatoms. The van der Waals surface area contributed by atoms with Gasteiger partial charge in [0, 0.05) is 18.2 Å². The summed E-state index contributed by atoms with van der Waals surface area (Å²) in [6.45, 7) is 1.69. The molecule has 0 aromatic heterocycles. The van der Waals surface area contributed by atoms with Crippen LogP contribution in [0.15, 0.2) is 18.2 Å². The number of likely N-dealkylation sites (N-methyl/N-ethyl adjacent to an activating group) is 1. The largest absolute Gasteiger partial charge is 0.396 e. The van der Waals surface area contributed by atoms with Gasteiger partial charge >= 0.3 is 0 Å². The lowest BCUT2D eigenvalue weighted by atomic mass is 10.1. The maximum atomic E-state index is 13.0. The van der Waals surface area contributed by atoms with Crippen LogP contribution < -0.4 is 11.1 Å². The molecule has 0 saturated carbocycles. The first-order valence-corrected chi connectivity index (χ1v) is 6.11. The number of nitrogens with zero attached hydrogens (tertiary/aromatic N) is 1. The molecule has 1 saturated heterocycles. The van der Waals surface area contributed by atoms with Gasteiger partial charge in [-0.1, -0.05) is 0 Å². The molecule has 1 aromatic carbocycles. The topological polar surface area (TPSA) is 58.4 Å². The monoisotopic (exact) mass is 251 g/mol. The van der Waals surface area contributed by atoms with E-state index in [1.165, 1.54) is 24.6 Å². The first kappa shape index (κ1) is 12.8. The minimum atomic E-state index is -0.498. The maximum absolute atomic E-state index is 13.0. The average molecular weight is 251 g/mol. The number of anilines is 1. The second-order valence-corrected chi connectivity index (χ2v) is 4.72. The predicted molar refractivity (Wildman–Crippen MR) is 68.8 cm³/mol. The molecular formula is C13H18FN3O. The minimum absolute atomic E-state index is 0.000587. The molecule has 4 nitrogen and oxygen atoms in total. The number of nitrogens with one attached hydrogen (secondary N) is 1. The summed E-state index contributed by atoms with van der Waals surface area (Å²) in [5.41, 5.74) is 5.83. The third kappa shape index (κ3) is 2.79. The molecule has 1 aromatic rings. The molecule has 1 fully saturated rings. The Labute approximate surface area is 106 Å². The molecule has 0 radical (unpaired) electrons. The fraction of sp³-hybridized carbons (Fsp3) is 0.462. The van der Waals surface area contributed by atoms with Crippen LogP contribution in [0.2, 0.25) is 0 Å². The molecule has 98 valence electrons. The molecule has 18 heavy (non-hydrogen) atoms. The second kappa shape index (κ2) is 5.35. The van der Waals surface area contributed by atoms with Crippen LogP contribution in [0.3, 0.4) is 0 Å². The third-order valence-electron chi connectivity index (χ3n) is 3.43. The van der Waals surface area contributed by atoms with E-state index >= 15 is 0 Å². The molecule has 1 aliphatic heterocycles. The third-order valence-corrected chi connectivity index (χ3v) is 3.43. The van der Waals surface area contributed by atoms with E-state index in [4.69, 9.17) is 5.73 Å². The van der Waals surface area contributed by atoms with Gasteiger partial charge in [-0.2, -0.15) is 0 Å². The van der Waals surface area contributed by atoms with Crippen molar-refractivity contribution in [1.82, 2.24) is 10.2 Å². The summed E-state index contributed by atoms with van der Waals surface area (Å²) in [5, 5.41) is 2.86. The lowest BCUT2D eigenvalue weighted by Gasteiger charge is -2.19. The number of benzene rings is 1. The quantitative estimate of drug-likeness (QED) is 0.794. The molecule has 1 amide bonds. The highest BCUT2D eigenvalue weighted by Crippen LogP contribution is 2.15. The van der Waals surface area contributed by atoms with E-state index in [1.54, 1.807) is 0 Å². The maximum Gasteiger partial charge on any atom is 0.251 e. The van der Waals surface area contributed by atoms with Gasteiger partial charge in [-0.25, -0.2) is 4.39 Å². The Morgan fingerprint density at radius 1 is 1.61 bits per heavy atom. The molecule has 1 aliphatic rings. The average Bonchev–Trinajstić information content (AvgIpc) is 2.75. The van der Waals surface area contributed by atoms with Crippen molar-refractivity contribution in [2.75, 3.05) is 25.9 Å². The SMILES string of the molecule is CN1CCCC1CNC(=O)c1ccc(F)c(N)c1. The molecule has 0 spiro atoms. The van der Waals surface area contributed by atoms with Crippen LogP contribution in [0.25, 0.3) is 0 Å². The van der Waals surface area contributed by atoms with E-state index in [-0.39, 0.29) is 11.6 Å². The highest BCUT2D eigenvalue weighted by molar-refractivity contribution is 5.95. The number of nitrogens with two attached hydrogens (primary N) is 1. The zero-order valence-corrected chi connectivity index (χ0v) is 10.4. The Kier molecular flexibility index (Phi) is 3.81. The number of hydrogen-bond acceptors (Lipinski definition) is 3. The van der Waals surface area contributed by atoms with E-state index in [0.29, 0.717) is 18.2 Å². The van der Waals surface area contributed by atoms with Crippen LogP contribution in [0.1, 0.15) is 23.2 Å². The summed E-state index contributed by atoms with van der Waals surface area (Å²) in [5.74, 6) is -0.705. The number of rotatable bonds is 3. The smallest absolute Gasteiger partial charge is 0.251 e. The number of likely N-dealkylation sites (tertiary alicyclic amines) is 1. The summed E-state index contributed by atoms with van der Waals surface area (Å²) in [6, 6.07) is 4.42. The highest BCUT2D eigenvalue weighted by Gasteiger charge is 2.21. The number of hydrogen-bond donors (Lipinski definition) is 2. The fourth-order valence-corrected chi connectivity index (χ4v) is 2.23. The standard InChI is InChI=1S/C13H18FN3O/c1-17-6-2-3-10(17)8-16-13(18)9-4-5-11(14)12(15)7-9/h4-5,7,10H,2-3,6,8,15H2,1H3,(H,16,18). The predicted octanol–water partition coefficient (Wildman–Crippen LogP) is 1.23. The van der Waals surface area contributed by atoms with Crippen LogP contribution in [0, 0.1) is 5.82 Å². The molecule has 0 aliphatic carbocycles. The van der Waals surface area contributed by atoms with Gasteiger partial charge in [0.2, 0.25) is 0 Å². The molecule has 2 rings (SSSR count). The van der Waals surface area contributed by atoms with Crippen molar-refractivity contribution in [2.24, 2.45) is 0 Å². The number of carbonyl (C=O) groups is 1. The summed E-state index contributed by atoms with van der Waals surface area (Å²) in [6.07, 6.45) is 2.27. The first-order chi connectivity index (χ1) is 8.58.